The lowest BCUT2D eigenvalue weighted by atomic mass is 10.0. The fourth-order valence-corrected chi connectivity index (χ4v) is 3.60. The number of anilines is 1. The molecule has 1 atom stereocenters. The van der Waals surface area contributed by atoms with Crippen LogP contribution in [0.15, 0.2) is 42.5 Å². The number of halogens is 4. The van der Waals surface area contributed by atoms with E-state index in [4.69, 9.17) is 16.3 Å². The molecule has 2 aromatic rings. The maximum Gasteiger partial charge on any atom is 0.416 e. The van der Waals surface area contributed by atoms with Crippen LogP contribution in [0.5, 0.6) is 0 Å². The quantitative estimate of drug-likeness (QED) is 0.657. The first-order chi connectivity index (χ1) is 12.3. The maximum atomic E-state index is 12.9. The molecule has 0 aliphatic carbocycles. The first-order valence-electron chi connectivity index (χ1n) is 8.13. The molecule has 0 saturated carbocycles. The minimum atomic E-state index is -4.43. The summed E-state index contributed by atoms with van der Waals surface area (Å²) in [5, 5.41) is 0.0656. The van der Waals surface area contributed by atoms with E-state index in [0.717, 1.165) is 30.5 Å². The molecule has 3 rings (SSSR count). The van der Waals surface area contributed by atoms with Gasteiger partial charge in [0.05, 0.1) is 35.0 Å². The first-order valence-corrected chi connectivity index (χ1v) is 8.50. The van der Waals surface area contributed by atoms with Crippen LogP contribution in [-0.4, -0.2) is 19.6 Å². The van der Waals surface area contributed by atoms with Crippen LogP contribution < -0.4 is 4.90 Å². The Kier molecular flexibility index (Phi) is 5.14. The van der Waals surface area contributed by atoms with E-state index in [2.05, 4.69) is 0 Å². The Morgan fingerprint density at radius 3 is 2.65 bits per heavy atom. The van der Waals surface area contributed by atoms with Crippen LogP contribution in [0.3, 0.4) is 0 Å². The summed E-state index contributed by atoms with van der Waals surface area (Å²) in [5.74, 6) is -0.427. The van der Waals surface area contributed by atoms with E-state index in [0.29, 0.717) is 17.8 Å². The number of ether oxygens (including phenoxy) is 1. The molecular formula is C19H17ClF3NO2. The van der Waals surface area contributed by atoms with Crippen molar-refractivity contribution >= 4 is 23.3 Å². The van der Waals surface area contributed by atoms with E-state index >= 15 is 0 Å². The van der Waals surface area contributed by atoms with Gasteiger partial charge in [-0.3, -0.25) is 0 Å². The number of carbonyl (C=O) groups excluding carboxylic acids is 1. The number of carbonyl (C=O) groups is 1. The number of alkyl halides is 3. The summed E-state index contributed by atoms with van der Waals surface area (Å²) >= 11 is 6.16. The van der Waals surface area contributed by atoms with Gasteiger partial charge in [0.15, 0.2) is 0 Å². The van der Waals surface area contributed by atoms with Crippen molar-refractivity contribution in [1.82, 2.24) is 0 Å². The van der Waals surface area contributed by atoms with Gasteiger partial charge in [0.1, 0.15) is 0 Å². The molecule has 1 fully saturated rings. The molecule has 138 valence electrons. The van der Waals surface area contributed by atoms with Crippen molar-refractivity contribution in [2.45, 2.75) is 25.1 Å². The Morgan fingerprint density at radius 1 is 1.23 bits per heavy atom. The summed E-state index contributed by atoms with van der Waals surface area (Å²) in [5.41, 5.74) is 1.14. The summed E-state index contributed by atoms with van der Waals surface area (Å²) in [6, 6.07) is 10.4. The number of hydrogen-bond donors (Lipinski definition) is 0. The average molecular weight is 384 g/mol. The van der Waals surface area contributed by atoms with Gasteiger partial charge in [0.25, 0.3) is 0 Å². The van der Waals surface area contributed by atoms with Gasteiger partial charge >= 0.3 is 12.1 Å². The van der Waals surface area contributed by atoms with E-state index in [1.165, 1.54) is 13.2 Å². The predicted octanol–water partition coefficient (Wildman–Crippen LogP) is 5.49. The van der Waals surface area contributed by atoms with Gasteiger partial charge in [-0.2, -0.15) is 13.2 Å². The smallest absolute Gasteiger partial charge is 0.416 e. The topological polar surface area (TPSA) is 29.5 Å². The van der Waals surface area contributed by atoms with Gasteiger partial charge in [-0.05, 0) is 48.7 Å². The van der Waals surface area contributed by atoms with Crippen molar-refractivity contribution in [2.24, 2.45) is 0 Å². The van der Waals surface area contributed by atoms with Crippen LogP contribution in [0.1, 0.15) is 40.4 Å². The van der Waals surface area contributed by atoms with E-state index < -0.39 is 17.7 Å². The normalized spacial score (nSPS) is 17.4. The fraction of sp³-hybridized carbons (Fsp3) is 0.316. The van der Waals surface area contributed by atoms with Crippen LogP contribution in [0.2, 0.25) is 5.02 Å². The lowest BCUT2D eigenvalue weighted by Gasteiger charge is -2.28. The van der Waals surface area contributed by atoms with Crippen molar-refractivity contribution in [2.75, 3.05) is 18.6 Å². The zero-order chi connectivity index (χ0) is 18.9. The molecule has 3 nitrogen and oxygen atoms in total. The predicted molar refractivity (Wildman–Crippen MR) is 93.6 cm³/mol. The molecule has 1 aliphatic rings. The highest BCUT2D eigenvalue weighted by atomic mass is 35.5. The molecule has 0 aromatic heterocycles. The number of hydrogen-bond acceptors (Lipinski definition) is 3. The highest BCUT2D eigenvalue weighted by molar-refractivity contribution is 6.33. The summed E-state index contributed by atoms with van der Waals surface area (Å²) < 4.78 is 43.3. The molecule has 1 unspecified atom stereocenters. The summed E-state index contributed by atoms with van der Waals surface area (Å²) in [6.07, 6.45) is -2.73. The van der Waals surface area contributed by atoms with Crippen molar-refractivity contribution in [3.63, 3.8) is 0 Å². The molecule has 26 heavy (non-hydrogen) atoms. The monoisotopic (exact) mass is 383 g/mol. The molecule has 0 N–H and O–H groups in total. The third-order valence-corrected chi connectivity index (χ3v) is 4.83. The molecule has 0 amide bonds. The van der Waals surface area contributed by atoms with Crippen molar-refractivity contribution in [3.05, 3.63) is 64.2 Å². The van der Waals surface area contributed by atoms with Crippen molar-refractivity contribution in [3.8, 4) is 0 Å². The first kappa shape index (κ1) is 18.6. The number of benzene rings is 2. The molecule has 0 spiro atoms. The Labute approximate surface area is 154 Å². The zero-order valence-electron chi connectivity index (χ0n) is 14.0. The lowest BCUT2D eigenvalue weighted by Crippen LogP contribution is -2.23. The molecule has 1 saturated heterocycles. The van der Waals surface area contributed by atoms with Gasteiger partial charge in [-0.15, -0.1) is 0 Å². The summed E-state index contributed by atoms with van der Waals surface area (Å²) in [6.45, 7) is 0.679. The summed E-state index contributed by atoms with van der Waals surface area (Å²) in [4.78, 5) is 13.7. The van der Waals surface area contributed by atoms with Gasteiger partial charge in [-0.25, -0.2) is 4.79 Å². The largest absolute Gasteiger partial charge is 0.465 e. The molecular weight excluding hydrogens is 367 g/mol. The molecule has 2 aromatic carbocycles. The number of esters is 1. The maximum absolute atomic E-state index is 12.9. The van der Waals surface area contributed by atoms with Crippen molar-refractivity contribution in [1.29, 1.82) is 0 Å². The lowest BCUT2D eigenvalue weighted by molar-refractivity contribution is -0.137. The second-order valence-electron chi connectivity index (χ2n) is 6.13. The van der Waals surface area contributed by atoms with Crippen LogP contribution in [0.4, 0.5) is 18.9 Å². The van der Waals surface area contributed by atoms with Gasteiger partial charge in [0, 0.05) is 6.54 Å². The second-order valence-corrected chi connectivity index (χ2v) is 6.54. The number of rotatable bonds is 3. The van der Waals surface area contributed by atoms with Gasteiger partial charge < -0.3 is 9.64 Å². The average Bonchev–Trinajstić information content (AvgIpc) is 3.09. The highest BCUT2D eigenvalue weighted by Gasteiger charge is 2.33. The Hall–Kier alpha value is -2.21. The Morgan fingerprint density at radius 2 is 2.00 bits per heavy atom. The number of nitrogens with zero attached hydrogens (tertiary/aromatic N) is 1. The van der Waals surface area contributed by atoms with Crippen LogP contribution in [0.25, 0.3) is 0 Å². The minimum Gasteiger partial charge on any atom is -0.465 e. The van der Waals surface area contributed by atoms with E-state index in [1.807, 2.05) is 11.0 Å². The zero-order valence-corrected chi connectivity index (χ0v) is 14.8. The Balaban J connectivity index is 1.93. The van der Waals surface area contributed by atoms with Gasteiger partial charge in [0.2, 0.25) is 0 Å². The molecule has 1 heterocycles. The molecule has 7 heteroatoms. The highest BCUT2D eigenvalue weighted by Crippen LogP contribution is 2.41. The van der Waals surface area contributed by atoms with E-state index in [9.17, 15) is 18.0 Å². The third-order valence-electron chi connectivity index (χ3n) is 4.53. The van der Waals surface area contributed by atoms with E-state index in [-0.39, 0.29) is 11.1 Å². The fourth-order valence-electron chi connectivity index (χ4n) is 3.31. The van der Waals surface area contributed by atoms with Crippen molar-refractivity contribution < 1.29 is 22.7 Å². The summed E-state index contributed by atoms with van der Waals surface area (Å²) in [7, 11) is 1.32. The second kappa shape index (κ2) is 7.19. The minimum absolute atomic E-state index is 0.0613. The van der Waals surface area contributed by atoms with Gasteiger partial charge in [-0.1, -0.05) is 23.7 Å². The Bertz CT molecular complexity index is 823. The van der Waals surface area contributed by atoms with Crippen LogP contribution >= 0.6 is 11.6 Å². The number of methoxy groups -OCH3 is 1. The van der Waals surface area contributed by atoms with E-state index in [1.54, 1.807) is 18.2 Å². The SMILES string of the molecule is COC(=O)c1cccc(C2CCCN2c2ccc(C(F)(F)F)cc2Cl)c1. The van der Waals surface area contributed by atoms with Crippen LogP contribution in [0, 0.1) is 0 Å². The standard InChI is InChI=1S/C19H17ClF3NO2/c1-26-18(25)13-5-2-4-12(10-13)16-6-3-9-24(16)17-8-7-14(11-15(17)20)19(21,22)23/h2,4-5,7-8,10-11,16H,3,6,9H2,1H3. The third kappa shape index (κ3) is 3.65. The van der Waals surface area contributed by atoms with Crippen LogP contribution in [-0.2, 0) is 10.9 Å². The molecule has 0 radical (unpaired) electrons. The molecule has 1 aliphatic heterocycles. The molecule has 0 bridgehead atoms.